The molecule has 0 spiro atoms. The summed E-state index contributed by atoms with van der Waals surface area (Å²) in [5.41, 5.74) is 3.74. The van der Waals surface area contributed by atoms with Crippen molar-refractivity contribution in [1.82, 2.24) is 4.90 Å². The number of nitrogens with zero attached hydrogens (tertiary/aromatic N) is 1. The van der Waals surface area contributed by atoms with Crippen LogP contribution in [0.25, 0.3) is 0 Å². The highest BCUT2D eigenvalue weighted by Gasteiger charge is 2.39. The van der Waals surface area contributed by atoms with Crippen molar-refractivity contribution in [3.05, 3.63) is 59.2 Å². The Morgan fingerprint density at radius 2 is 1.66 bits per heavy atom. The van der Waals surface area contributed by atoms with E-state index in [9.17, 15) is 14.4 Å². The minimum absolute atomic E-state index is 0.0107. The summed E-state index contributed by atoms with van der Waals surface area (Å²) in [7, 11) is 1.59. The van der Waals surface area contributed by atoms with E-state index in [-0.39, 0.29) is 30.2 Å². The number of benzene rings is 2. The first kappa shape index (κ1) is 20.6. The summed E-state index contributed by atoms with van der Waals surface area (Å²) in [4.78, 5) is 38.6. The fourth-order valence-electron chi connectivity index (χ4n) is 3.35. The van der Waals surface area contributed by atoms with Crippen LogP contribution in [-0.4, -0.2) is 36.2 Å². The van der Waals surface area contributed by atoms with E-state index in [1.165, 1.54) is 4.90 Å². The molecule has 0 saturated heterocycles. The van der Waals surface area contributed by atoms with Gasteiger partial charge in [0.1, 0.15) is 0 Å². The standard InChI is InChI=1S/C23H27N3O3/c1-14-7-5-8-15(2)21(14)25-20(27)13-26(4)23(29)17-9-6-10-18(12-17)24-22(28)19-11-16(19)3/h5-10,12,16,19H,11,13H2,1-4H3,(H,24,28)(H,25,27). The van der Waals surface area contributed by atoms with Gasteiger partial charge in [0.05, 0.1) is 6.54 Å². The molecule has 2 N–H and O–H groups in total. The molecule has 2 unspecified atom stereocenters. The van der Waals surface area contributed by atoms with E-state index in [2.05, 4.69) is 10.6 Å². The highest BCUT2D eigenvalue weighted by Crippen LogP contribution is 2.38. The maximum atomic E-state index is 12.7. The van der Waals surface area contributed by atoms with E-state index in [0.717, 1.165) is 23.2 Å². The van der Waals surface area contributed by atoms with E-state index in [1.54, 1.807) is 31.3 Å². The topological polar surface area (TPSA) is 78.5 Å². The minimum Gasteiger partial charge on any atom is -0.332 e. The lowest BCUT2D eigenvalue weighted by Crippen LogP contribution is -2.35. The van der Waals surface area contributed by atoms with Crippen LogP contribution < -0.4 is 10.6 Å². The van der Waals surface area contributed by atoms with Gasteiger partial charge < -0.3 is 15.5 Å². The van der Waals surface area contributed by atoms with Crippen molar-refractivity contribution in [3.63, 3.8) is 0 Å². The summed E-state index contributed by atoms with van der Waals surface area (Å²) in [6, 6.07) is 12.6. The summed E-state index contributed by atoms with van der Waals surface area (Å²) in [6.45, 7) is 5.84. The first-order valence-corrected chi connectivity index (χ1v) is 9.78. The summed E-state index contributed by atoms with van der Waals surface area (Å²) in [6.07, 6.45) is 0.905. The van der Waals surface area contributed by atoms with Gasteiger partial charge in [0.2, 0.25) is 11.8 Å². The van der Waals surface area contributed by atoms with Crippen molar-refractivity contribution >= 4 is 29.1 Å². The SMILES string of the molecule is Cc1cccc(C)c1NC(=O)CN(C)C(=O)c1cccc(NC(=O)C2CC2C)c1. The number of hydrogen-bond acceptors (Lipinski definition) is 3. The van der Waals surface area contributed by atoms with Crippen LogP contribution in [0.15, 0.2) is 42.5 Å². The molecule has 1 fully saturated rings. The third-order valence-electron chi connectivity index (χ3n) is 5.30. The molecule has 2 atom stereocenters. The molecule has 2 aromatic carbocycles. The lowest BCUT2D eigenvalue weighted by atomic mass is 10.1. The van der Waals surface area contributed by atoms with Gasteiger partial charge >= 0.3 is 0 Å². The van der Waals surface area contributed by atoms with Crippen LogP contribution in [0.2, 0.25) is 0 Å². The summed E-state index contributed by atoms with van der Waals surface area (Å²) < 4.78 is 0. The molecule has 6 heteroatoms. The second kappa shape index (κ2) is 8.47. The average Bonchev–Trinajstić information content (AvgIpc) is 3.41. The largest absolute Gasteiger partial charge is 0.332 e. The van der Waals surface area contributed by atoms with Crippen molar-refractivity contribution in [3.8, 4) is 0 Å². The van der Waals surface area contributed by atoms with Gasteiger partial charge in [-0.3, -0.25) is 14.4 Å². The first-order chi connectivity index (χ1) is 13.8. The monoisotopic (exact) mass is 393 g/mol. The molecule has 0 bridgehead atoms. The molecule has 0 aliphatic heterocycles. The predicted molar refractivity (Wildman–Crippen MR) is 114 cm³/mol. The summed E-state index contributed by atoms with van der Waals surface area (Å²) >= 11 is 0. The van der Waals surface area contributed by atoms with Gasteiger partial charge in [-0.1, -0.05) is 31.2 Å². The van der Waals surface area contributed by atoms with Gasteiger partial charge in [0, 0.05) is 29.9 Å². The third-order valence-corrected chi connectivity index (χ3v) is 5.30. The molecule has 1 saturated carbocycles. The molecular formula is C23H27N3O3. The maximum absolute atomic E-state index is 12.7. The zero-order valence-corrected chi connectivity index (χ0v) is 17.3. The van der Waals surface area contributed by atoms with Crippen LogP contribution in [0.4, 0.5) is 11.4 Å². The molecule has 6 nitrogen and oxygen atoms in total. The summed E-state index contributed by atoms with van der Waals surface area (Å²) in [5, 5.41) is 5.75. The van der Waals surface area contributed by atoms with Gasteiger partial charge in [-0.25, -0.2) is 0 Å². The third kappa shape index (κ3) is 5.02. The molecule has 0 radical (unpaired) electrons. The van der Waals surface area contributed by atoms with Crippen LogP contribution in [0, 0.1) is 25.7 Å². The highest BCUT2D eigenvalue weighted by atomic mass is 16.2. The molecule has 2 aromatic rings. The van der Waals surface area contributed by atoms with Crippen LogP contribution in [-0.2, 0) is 9.59 Å². The van der Waals surface area contributed by atoms with Gasteiger partial charge in [-0.15, -0.1) is 0 Å². The van der Waals surface area contributed by atoms with Crippen molar-refractivity contribution in [1.29, 1.82) is 0 Å². The van der Waals surface area contributed by atoms with Gasteiger partial charge in [-0.2, -0.15) is 0 Å². The zero-order chi connectivity index (χ0) is 21.1. The fourth-order valence-corrected chi connectivity index (χ4v) is 3.35. The minimum atomic E-state index is -0.280. The number of aryl methyl sites for hydroxylation is 2. The number of carbonyl (C=O) groups is 3. The lowest BCUT2D eigenvalue weighted by Gasteiger charge is -2.18. The van der Waals surface area contributed by atoms with Crippen molar-refractivity contribution in [2.75, 3.05) is 24.2 Å². The van der Waals surface area contributed by atoms with E-state index in [1.807, 2.05) is 39.0 Å². The van der Waals surface area contributed by atoms with Crippen LogP contribution in [0.3, 0.4) is 0 Å². The van der Waals surface area contributed by atoms with E-state index < -0.39 is 0 Å². The number of rotatable bonds is 6. The van der Waals surface area contributed by atoms with Crippen LogP contribution >= 0.6 is 0 Å². The van der Waals surface area contributed by atoms with Gasteiger partial charge in [0.25, 0.3) is 5.91 Å². The second-order valence-corrected chi connectivity index (χ2v) is 7.87. The highest BCUT2D eigenvalue weighted by molar-refractivity contribution is 6.01. The molecule has 1 aliphatic rings. The summed E-state index contributed by atoms with van der Waals surface area (Å²) in [5.74, 6) is -0.0709. The maximum Gasteiger partial charge on any atom is 0.254 e. The van der Waals surface area contributed by atoms with Crippen molar-refractivity contribution < 1.29 is 14.4 Å². The number of carbonyl (C=O) groups excluding carboxylic acids is 3. The number of nitrogens with one attached hydrogen (secondary N) is 2. The van der Waals surface area contributed by atoms with Gasteiger partial charge in [-0.05, 0) is 55.5 Å². The molecule has 29 heavy (non-hydrogen) atoms. The molecule has 0 aromatic heterocycles. The van der Waals surface area contributed by atoms with Crippen LogP contribution in [0.1, 0.15) is 34.8 Å². The molecular weight excluding hydrogens is 366 g/mol. The number of hydrogen-bond donors (Lipinski definition) is 2. The van der Waals surface area contributed by atoms with Gasteiger partial charge in [0.15, 0.2) is 0 Å². The number of amides is 3. The smallest absolute Gasteiger partial charge is 0.254 e. The molecule has 3 amide bonds. The number of anilines is 2. The number of para-hydroxylation sites is 1. The Morgan fingerprint density at radius 3 is 2.28 bits per heavy atom. The average molecular weight is 393 g/mol. The van der Waals surface area contributed by atoms with Crippen molar-refractivity contribution in [2.45, 2.75) is 27.2 Å². The normalized spacial score (nSPS) is 17.4. The Hall–Kier alpha value is -3.15. The Kier molecular flexibility index (Phi) is 6.01. The molecule has 0 heterocycles. The Balaban J connectivity index is 1.61. The molecule has 152 valence electrons. The lowest BCUT2D eigenvalue weighted by molar-refractivity contribution is -0.118. The Morgan fingerprint density at radius 1 is 1.03 bits per heavy atom. The van der Waals surface area contributed by atoms with E-state index in [4.69, 9.17) is 0 Å². The first-order valence-electron chi connectivity index (χ1n) is 9.78. The van der Waals surface area contributed by atoms with Crippen LogP contribution in [0.5, 0.6) is 0 Å². The number of likely N-dealkylation sites (N-methyl/N-ethyl adjacent to an activating group) is 1. The van der Waals surface area contributed by atoms with E-state index in [0.29, 0.717) is 17.2 Å². The zero-order valence-electron chi connectivity index (χ0n) is 17.3. The Bertz CT molecular complexity index is 934. The molecule has 1 aliphatic carbocycles. The quantitative estimate of drug-likeness (QED) is 0.787. The predicted octanol–water partition coefficient (Wildman–Crippen LogP) is 3.61. The second-order valence-electron chi connectivity index (χ2n) is 7.87. The molecule has 3 rings (SSSR count). The fraction of sp³-hybridized carbons (Fsp3) is 0.348. The Labute approximate surface area is 171 Å². The van der Waals surface area contributed by atoms with E-state index >= 15 is 0 Å². The van der Waals surface area contributed by atoms with Crippen molar-refractivity contribution in [2.24, 2.45) is 11.8 Å².